The Bertz CT molecular complexity index is 864. The maximum absolute atomic E-state index is 12.9. The van der Waals surface area contributed by atoms with Crippen molar-refractivity contribution < 1.29 is 13.2 Å². The molecule has 9 heteroatoms. The fourth-order valence-electron chi connectivity index (χ4n) is 2.93. The molecule has 0 radical (unpaired) electrons. The van der Waals surface area contributed by atoms with Crippen LogP contribution in [0.25, 0.3) is 0 Å². The number of aromatic nitrogens is 2. The molecule has 1 N–H and O–H groups in total. The topological polar surface area (TPSA) is 95.5 Å². The van der Waals surface area contributed by atoms with Gasteiger partial charge in [0.05, 0.1) is 4.90 Å². The first-order valence-corrected chi connectivity index (χ1v) is 10.4. The Morgan fingerprint density at radius 3 is 2.41 bits per heavy atom. The average molecular weight is 389 g/mol. The summed E-state index contributed by atoms with van der Waals surface area (Å²) in [6.07, 6.45) is 2.81. The summed E-state index contributed by atoms with van der Waals surface area (Å²) in [6.45, 7) is 3.81. The summed E-state index contributed by atoms with van der Waals surface area (Å²) in [5.41, 5.74) is 0.597. The molecule has 8 nitrogen and oxygen atoms in total. The number of piperazine rings is 1. The summed E-state index contributed by atoms with van der Waals surface area (Å²) in [6, 6.07) is 9.99. The van der Waals surface area contributed by atoms with Crippen LogP contribution in [0.2, 0.25) is 0 Å². The van der Waals surface area contributed by atoms with Crippen molar-refractivity contribution in [2.24, 2.45) is 0 Å². The predicted octanol–water partition coefficient (Wildman–Crippen LogP) is 1.73. The van der Waals surface area contributed by atoms with E-state index in [1.807, 2.05) is 24.0 Å². The molecule has 1 aromatic heterocycles. The van der Waals surface area contributed by atoms with Gasteiger partial charge in [-0.15, -0.1) is 5.10 Å². The molecule has 1 saturated heterocycles. The average Bonchev–Trinajstić information content (AvgIpc) is 2.69. The second-order valence-electron chi connectivity index (χ2n) is 6.30. The highest BCUT2D eigenvalue weighted by molar-refractivity contribution is 7.89. The van der Waals surface area contributed by atoms with Gasteiger partial charge in [0.15, 0.2) is 5.82 Å². The van der Waals surface area contributed by atoms with Gasteiger partial charge in [-0.25, -0.2) is 8.42 Å². The molecule has 3 rings (SSSR count). The fraction of sp³-hybridized carbons (Fsp3) is 0.389. The predicted molar refractivity (Wildman–Crippen MR) is 103 cm³/mol. The molecule has 0 unspecified atom stereocenters. The van der Waals surface area contributed by atoms with Gasteiger partial charge >= 0.3 is 0 Å². The molecular weight excluding hydrogens is 366 g/mol. The van der Waals surface area contributed by atoms with Crippen LogP contribution in [0.5, 0.6) is 0 Å². The molecule has 0 saturated carbocycles. The SMILES string of the molecule is CCCC(=O)Nc1ccc(S(=O)(=O)N2CCN(c3cccnn3)CC2)cc1. The van der Waals surface area contributed by atoms with E-state index >= 15 is 0 Å². The van der Waals surface area contributed by atoms with E-state index in [4.69, 9.17) is 0 Å². The lowest BCUT2D eigenvalue weighted by Gasteiger charge is -2.34. The van der Waals surface area contributed by atoms with Gasteiger partial charge in [-0.2, -0.15) is 9.40 Å². The van der Waals surface area contributed by atoms with Gasteiger partial charge in [0.25, 0.3) is 0 Å². The number of nitrogens with one attached hydrogen (secondary N) is 1. The summed E-state index contributed by atoms with van der Waals surface area (Å²) in [4.78, 5) is 13.9. The van der Waals surface area contributed by atoms with Crippen molar-refractivity contribution >= 4 is 27.4 Å². The standard InChI is InChI=1S/C18H23N5O3S/c1-2-4-18(24)20-15-6-8-16(9-7-15)27(25,26)23-13-11-22(12-14-23)17-5-3-10-19-21-17/h3,5-10H,2,4,11-14H2,1H3,(H,20,24). The number of amides is 1. The second-order valence-corrected chi connectivity index (χ2v) is 8.23. The third kappa shape index (κ3) is 4.61. The van der Waals surface area contributed by atoms with Crippen molar-refractivity contribution in [3.8, 4) is 0 Å². The molecule has 27 heavy (non-hydrogen) atoms. The van der Waals surface area contributed by atoms with Crippen LogP contribution in [-0.2, 0) is 14.8 Å². The van der Waals surface area contributed by atoms with Crippen molar-refractivity contribution in [3.05, 3.63) is 42.6 Å². The van der Waals surface area contributed by atoms with E-state index in [0.717, 1.165) is 12.2 Å². The lowest BCUT2D eigenvalue weighted by Crippen LogP contribution is -2.48. The van der Waals surface area contributed by atoms with Gasteiger partial charge in [-0.3, -0.25) is 4.79 Å². The Balaban J connectivity index is 1.64. The van der Waals surface area contributed by atoms with E-state index in [0.29, 0.717) is 38.3 Å². The van der Waals surface area contributed by atoms with Crippen LogP contribution in [0, 0.1) is 0 Å². The van der Waals surface area contributed by atoms with Gasteiger partial charge in [0, 0.05) is 44.5 Å². The molecule has 1 aliphatic rings. The van der Waals surface area contributed by atoms with Crippen molar-refractivity contribution in [2.45, 2.75) is 24.7 Å². The Morgan fingerprint density at radius 2 is 1.81 bits per heavy atom. The lowest BCUT2D eigenvalue weighted by atomic mass is 10.3. The Labute approximate surface area is 159 Å². The zero-order chi connectivity index (χ0) is 19.3. The first kappa shape index (κ1) is 19.2. The number of benzene rings is 1. The second kappa shape index (κ2) is 8.45. The van der Waals surface area contributed by atoms with Crippen molar-refractivity contribution in [1.29, 1.82) is 0 Å². The highest BCUT2D eigenvalue weighted by Crippen LogP contribution is 2.21. The van der Waals surface area contributed by atoms with Gasteiger partial charge in [0.2, 0.25) is 15.9 Å². The maximum Gasteiger partial charge on any atom is 0.243 e. The molecular formula is C18H23N5O3S. The van der Waals surface area contributed by atoms with Crippen LogP contribution in [0.15, 0.2) is 47.5 Å². The Kier molecular flexibility index (Phi) is 6.02. The van der Waals surface area contributed by atoms with Crippen LogP contribution in [-0.4, -0.2) is 55.0 Å². The summed E-state index contributed by atoms with van der Waals surface area (Å²) < 4.78 is 27.2. The third-order valence-corrected chi connectivity index (χ3v) is 6.29. The van der Waals surface area contributed by atoms with Crippen LogP contribution >= 0.6 is 0 Å². The van der Waals surface area contributed by atoms with E-state index in [1.54, 1.807) is 18.3 Å². The largest absolute Gasteiger partial charge is 0.352 e. The smallest absolute Gasteiger partial charge is 0.243 e. The number of carbonyl (C=O) groups is 1. The van der Waals surface area contributed by atoms with E-state index < -0.39 is 10.0 Å². The van der Waals surface area contributed by atoms with Crippen LogP contribution in [0.3, 0.4) is 0 Å². The zero-order valence-corrected chi connectivity index (χ0v) is 16.0. The van der Waals surface area contributed by atoms with E-state index in [9.17, 15) is 13.2 Å². The first-order valence-electron chi connectivity index (χ1n) is 8.93. The summed E-state index contributed by atoms with van der Waals surface area (Å²) in [5.74, 6) is 0.676. The molecule has 0 spiro atoms. The van der Waals surface area contributed by atoms with Gasteiger partial charge in [0.1, 0.15) is 0 Å². The van der Waals surface area contributed by atoms with Gasteiger partial charge < -0.3 is 10.2 Å². The maximum atomic E-state index is 12.9. The molecule has 0 bridgehead atoms. The molecule has 0 atom stereocenters. The number of anilines is 2. The quantitative estimate of drug-likeness (QED) is 0.808. The fourth-order valence-corrected chi connectivity index (χ4v) is 4.35. The normalized spacial score (nSPS) is 15.5. The minimum Gasteiger partial charge on any atom is -0.352 e. The van der Waals surface area contributed by atoms with Gasteiger partial charge in [-0.05, 0) is 42.8 Å². The summed E-state index contributed by atoms with van der Waals surface area (Å²) in [7, 11) is -3.57. The minimum absolute atomic E-state index is 0.0757. The number of hydrogen-bond donors (Lipinski definition) is 1. The molecule has 1 aromatic carbocycles. The van der Waals surface area contributed by atoms with E-state index in [1.165, 1.54) is 16.4 Å². The molecule has 2 aromatic rings. The van der Waals surface area contributed by atoms with Crippen molar-refractivity contribution in [1.82, 2.24) is 14.5 Å². The number of rotatable bonds is 6. The number of hydrogen-bond acceptors (Lipinski definition) is 6. The van der Waals surface area contributed by atoms with Crippen LogP contribution < -0.4 is 10.2 Å². The summed E-state index contributed by atoms with van der Waals surface area (Å²) >= 11 is 0. The van der Waals surface area contributed by atoms with Crippen molar-refractivity contribution in [2.75, 3.05) is 36.4 Å². The molecule has 1 amide bonds. The Hall–Kier alpha value is -2.52. The molecule has 2 heterocycles. The minimum atomic E-state index is -3.57. The Morgan fingerprint density at radius 1 is 1.11 bits per heavy atom. The van der Waals surface area contributed by atoms with Crippen LogP contribution in [0.1, 0.15) is 19.8 Å². The van der Waals surface area contributed by atoms with E-state index in [-0.39, 0.29) is 10.8 Å². The van der Waals surface area contributed by atoms with Crippen molar-refractivity contribution in [3.63, 3.8) is 0 Å². The molecule has 1 fully saturated rings. The highest BCUT2D eigenvalue weighted by Gasteiger charge is 2.28. The third-order valence-electron chi connectivity index (χ3n) is 4.37. The molecule has 144 valence electrons. The van der Waals surface area contributed by atoms with E-state index in [2.05, 4.69) is 15.5 Å². The number of sulfonamides is 1. The lowest BCUT2D eigenvalue weighted by molar-refractivity contribution is -0.116. The molecule has 1 aliphatic heterocycles. The zero-order valence-electron chi connectivity index (χ0n) is 15.2. The first-order chi connectivity index (χ1) is 13.0. The highest BCUT2D eigenvalue weighted by atomic mass is 32.2. The summed E-state index contributed by atoms with van der Waals surface area (Å²) in [5, 5.41) is 10.7. The van der Waals surface area contributed by atoms with Gasteiger partial charge in [-0.1, -0.05) is 6.92 Å². The number of nitrogens with zero attached hydrogens (tertiary/aromatic N) is 4. The monoisotopic (exact) mass is 389 g/mol. The number of carbonyl (C=O) groups excluding carboxylic acids is 1. The van der Waals surface area contributed by atoms with Crippen LogP contribution in [0.4, 0.5) is 11.5 Å². The molecule has 0 aliphatic carbocycles.